The third kappa shape index (κ3) is 4.61. The fourth-order valence-corrected chi connectivity index (χ4v) is 1.65. The summed E-state index contributed by atoms with van der Waals surface area (Å²) < 4.78 is 60.2. The van der Waals surface area contributed by atoms with Crippen LogP contribution in [-0.4, -0.2) is 25.4 Å². The van der Waals surface area contributed by atoms with Gasteiger partial charge in [-0.25, -0.2) is 0 Å². The molecular formula is C6H10BrF3O3S. The smallest absolute Gasteiger partial charge is 0.260 e. The molecule has 0 spiro atoms. The van der Waals surface area contributed by atoms with Gasteiger partial charge in [0.15, 0.2) is 0 Å². The highest BCUT2D eigenvalue weighted by Crippen LogP contribution is 2.26. The zero-order valence-electron chi connectivity index (χ0n) is 7.34. The lowest BCUT2D eigenvalue weighted by atomic mass is 10.2. The Morgan fingerprint density at radius 1 is 1.43 bits per heavy atom. The molecule has 0 N–H and O–H groups in total. The minimum atomic E-state index is -5.44. The van der Waals surface area contributed by atoms with Gasteiger partial charge < -0.3 is 0 Å². The molecule has 0 aromatic rings. The minimum absolute atomic E-state index is 0.251. The van der Waals surface area contributed by atoms with Crippen molar-refractivity contribution >= 4 is 26.0 Å². The summed E-state index contributed by atoms with van der Waals surface area (Å²) in [5, 5.41) is 0.590. The topological polar surface area (TPSA) is 43.4 Å². The third-order valence-corrected chi connectivity index (χ3v) is 3.03. The molecule has 0 aliphatic carbocycles. The molecule has 0 fully saturated rings. The maximum absolute atomic E-state index is 11.8. The van der Waals surface area contributed by atoms with Crippen molar-refractivity contribution < 1.29 is 25.8 Å². The molecule has 0 aromatic heterocycles. The molecular weight excluding hydrogens is 289 g/mol. The maximum atomic E-state index is 11.8. The molecule has 0 bridgehead atoms. The molecule has 8 heteroatoms. The fourth-order valence-electron chi connectivity index (χ4n) is 0.684. The monoisotopic (exact) mass is 298 g/mol. The highest BCUT2D eigenvalue weighted by atomic mass is 79.9. The second kappa shape index (κ2) is 5.32. The van der Waals surface area contributed by atoms with E-state index in [4.69, 9.17) is 0 Å². The molecule has 0 heterocycles. The second-order valence-electron chi connectivity index (χ2n) is 2.64. The minimum Gasteiger partial charge on any atom is -0.260 e. The largest absolute Gasteiger partial charge is 0.523 e. The summed E-state index contributed by atoms with van der Waals surface area (Å²) in [6, 6.07) is 0. The van der Waals surface area contributed by atoms with E-state index < -0.39 is 21.7 Å². The van der Waals surface area contributed by atoms with E-state index in [1.54, 1.807) is 0 Å². The van der Waals surface area contributed by atoms with Crippen LogP contribution in [0.1, 0.15) is 19.8 Å². The van der Waals surface area contributed by atoms with E-state index in [0.29, 0.717) is 11.8 Å². The molecule has 0 aromatic carbocycles. The van der Waals surface area contributed by atoms with Gasteiger partial charge in [0, 0.05) is 5.33 Å². The van der Waals surface area contributed by atoms with Crippen molar-refractivity contribution in [2.45, 2.75) is 31.4 Å². The van der Waals surface area contributed by atoms with Crippen molar-refractivity contribution in [2.24, 2.45) is 0 Å². The Labute approximate surface area is 88.9 Å². The van der Waals surface area contributed by atoms with Gasteiger partial charge in [0.2, 0.25) is 0 Å². The van der Waals surface area contributed by atoms with E-state index in [9.17, 15) is 21.6 Å². The van der Waals surface area contributed by atoms with Crippen LogP contribution < -0.4 is 0 Å². The Morgan fingerprint density at radius 3 is 2.29 bits per heavy atom. The molecule has 0 aliphatic heterocycles. The third-order valence-electron chi connectivity index (χ3n) is 1.32. The van der Waals surface area contributed by atoms with E-state index >= 15 is 0 Å². The molecule has 3 nitrogen and oxygen atoms in total. The molecule has 0 radical (unpaired) electrons. The van der Waals surface area contributed by atoms with Crippen molar-refractivity contribution in [3.05, 3.63) is 0 Å². The number of hydrogen-bond donors (Lipinski definition) is 0. The van der Waals surface area contributed by atoms with Crippen molar-refractivity contribution in [1.82, 2.24) is 0 Å². The van der Waals surface area contributed by atoms with Crippen LogP contribution in [0.25, 0.3) is 0 Å². The zero-order chi connectivity index (χ0) is 11.4. The predicted octanol–water partition coefficient (Wildman–Crippen LogP) is 2.42. The van der Waals surface area contributed by atoms with Crippen LogP contribution in [0.4, 0.5) is 13.2 Å². The van der Waals surface area contributed by atoms with Gasteiger partial charge in [-0.05, 0) is 19.8 Å². The number of alkyl halides is 4. The molecule has 0 saturated carbocycles. The van der Waals surface area contributed by atoms with Crippen LogP contribution in [0.2, 0.25) is 0 Å². The van der Waals surface area contributed by atoms with E-state index in [0.717, 1.165) is 0 Å². The summed E-state index contributed by atoms with van der Waals surface area (Å²) >= 11 is 3.07. The quantitative estimate of drug-likeness (QED) is 0.445. The van der Waals surface area contributed by atoms with Gasteiger partial charge in [0.1, 0.15) is 0 Å². The summed E-state index contributed by atoms with van der Waals surface area (Å²) in [4.78, 5) is 0. The summed E-state index contributed by atoms with van der Waals surface area (Å²) in [6.45, 7) is 1.28. The highest BCUT2D eigenvalue weighted by Gasteiger charge is 2.48. The first-order valence-corrected chi connectivity index (χ1v) is 6.29. The summed E-state index contributed by atoms with van der Waals surface area (Å²) in [6.07, 6.45) is -0.158. The molecule has 14 heavy (non-hydrogen) atoms. The number of hydrogen-bond acceptors (Lipinski definition) is 3. The van der Waals surface area contributed by atoms with Gasteiger partial charge in [-0.15, -0.1) is 0 Å². The van der Waals surface area contributed by atoms with Gasteiger partial charge in [-0.3, -0.25) is 4.18 Å². The van der Waals surface area contributed by atoms with Crippen molar-refractivity contribution in [3.8, 4) is 0 Å². The summed E-state index contributed by atoms with van der Waals surface area (Å²) in [7, 11) is -5.44. The Bertz CT molecular complexity index is 262. The van der Waals surface area contributed by atoms with Gasteiger partial charge in [0.05, 0.1) is 6.10 Å². The Hall–Kier alpha value is 0.180. The SMILES string of the molecule is CC(CCCBr)OS(=O)(=O)C(F)(F)F. The lowest BCUT2D eigenvalue weighted by Gasteiger charge is -2.13. The van der Waals surface area contributed by atoms with Crippen LogP contribution >= 0.6 is 15.9 Å². The molecule has 86 valence electrons. The predicted molar refractivity (Wildman–Crippen MR) is 48.5 cm³/mol. The lowest BCUT2D eigenvalue weighted by molar-refractivity contribution is -0.0570. The van der Waals surface area contributed by atoms with Crippen LogP contribution in [0.5, 0.6) is 0 Å². The standard InChI is InChI=1S/C6H10BrF3O3S/c1-5(3-2-4-7)13-14(11,12)6(8,9)10/h5H,2-4H2,1H3. The lowest BCUT2D eigenvalue weighted by Crippen LogP contribution is -2.29. The summed E-state index contributed by atoms with van der Waals surface area (Å²) in [5.74, 6) is 0. The Morgan fingerprint density at radius 2 is 1.93 bits per heavy atom. The zero-order valence-corrected chi connectivity index (χ0v) is 9.75. The summed E-state index contributed by atoms with van der Waals surface area (Å²) in [5.41, 5.74) is -5.34. The number of rotatable bonds is 5. The van der Waals surface area contributed by atoms with Crippen molar-refractivity contribution in [2.75, 3.05) is 5.33 Å². The average Bonchev–Trinajstić information content (AvgIpc) is 1.97. The molecule has 0 saturated heterocycles. The first-order chi connectivity index (χ1) is 6.20. The van der Waals surface area contributed by atoms with Crippen LogP contribution in [-0.2, 0) is 14.3 Å². The van der Waals surface area contributed by atoms with Crippen LogP contribution in [0.15, 0.2) is 0 Å². The van der Waals surface area contributed by atoms with Gasteiger partial charge in [-0.1, -0.05) is 15.9 Å². The average molecular weight is 299 g/mol. The first kappa shape index (κ1) is 14.2. The molecule has 1 unspecified atom stereocenters. The second-order valence-corrected chi connectivity index (χ2v) is 4.99. The van der Waals surface area contributed by atoms with E-state index in [1.807, 2.05) is 0 Å². The first-order valence-electron chi connectivity index (χ1n) is 3.76. The van der Waals surface area contributed by atoms with Gasteiger partial charge in [0.25, 0.3) is 0 Å². The Balaban J connectivity index is 4.24. The molecule has 0 amide bonds. The van der Waals surface area contributed by atoms with Crippen LogP contribution in [0, 0.1) is 0 Å². The van der Waals surface area contributed by atoms with Crippen molar-refractivity contribution in [1.29, 1.82) is 0 Å². The van der Waals surface area contributed by atoms with Crippen LogP contribution in [0.3, 0.4) is 0 Å². The fraction of sp³-hybridized carbons (Fsp3) is 1.00. The van der Waals surface area contributed by atoms with E-state index in [2.05, 4.69) is 20.1 Å². The number of halogens is 4. The van der Waals surface area contributed by atoms with E-state index in [-0.39, 0.29) is 6.42 Å². The Kier molecular flexibility index (Phi) is 5.38. The van der Waals surface area contributed by atoms with Crippen molar-refractivity contribution in [3.63, 3.8) is 0 Å². The molecule has 0 aliphatic rings. The van der Waals surface area contributed by atoms with E-state index in [1.165, 1.54) is 6.92 Å². The normalized spacial score (nSPS) is 15.5. The van der Waals surface area contributed by atoms with Gasteiger partial charge in [-0.2, -0.15) is 21.6 Å². The molecule has 0 rings (SSSR count). The highest BCUT2D eigenvalue weighted by molar-refractivity contribution is 9.09. The molecule has 1 atom stereocenters. The van der Waals surface area contributed by atoms with Gasteiger partial charge >= 0.3 is 15.6 Å². The maximum Gasteiger partial charge on any atom is 0.523 e.